The van der Waals surface area contributed by atoms with Crippen molar-refractivity contribution >= 4 is 17.3 Å². The van der Waals surface area contributed by atoms with E-state index in [2.05, 4.69) is 36.1 Å². The molecule has 2 rings (SSSR count). The maximum atomic E-state index is 5.95. The Bertz CT molecular complexity index is 578. The Hall–Kier alpha value is -1.55. The first-order valence-corrected chi connectivity index (χ1v) is 6.77. The van der Waals surface area contributed by atoms with Gasteiger partial charge in [-0.05, 0) is 33.3 Å². The van der Waals surface area contributed by atoms with Crippen molar-refractivity contribution in [2.75, 3.05) is 5.32 Å². The number of halogens is 1. The molecule has 4 nitrogen and oxygen atoms in total. The molecule has 0 atom stereocenters. The van der Waals surface area contributed by atoms with E-state index in [1.807, 2.05) is 6.92 Å². The van der Waals surface area contributed by atoms with Gasteiger partial charge in [0.1, 0.15) is 10.9 Å². The molecule has 0 aliphatic rings. The van der Waals surface area contributed by atoms with Crippen LogP contribution in [-0.4, -0.2) is 16.0 Å². The van der Waals surface area contributed by atoms with Gasteiger partial charge in [-0.15, -0.1) is 0 Å². The van der Waals surface area contributed by atoms with Crippen molar-refractivity contribution in [2.24, 2.45) is 0 Å². The van der Waals surface area contributed by atoms with Gasteiger partial charge in [-0.2, -0.15) is 0 Å². The van der Waals surface area contributed by atoms with Crippen LogP contribution >= 0.6 is 11.6 Å². The van der Waals surface area contributed by atoms with Crippen molar-refractivity contribution in [1.82, 2.24) is 9.97 Å². The zero-order chi connectivity index (χ0) is 14.0. The summed E-state index contributed by atoms with van der Waals surface area (Å²) in [5, 5.41) is 3.78. The second-order valence-electron chi connectivity index (χ2n) is 4.73. The Balaban J connectivity index is 2.47. The summed E-state index contributed by atoms with van der Waals surface area (Å²) in [5.74, 6) is 1.43. The third-order valence-electron chi connectivity index (χ3n) is 2.77. The first-order valence-electron chi connectivity index (χ1n) is 6.40. The predicted octanol–water partition coefficient (Wildman–Crippen LogP) is 4.08. The summed E-state index contributed by atoms with van der Waals surface area (Å²) in [7, 11) is 0. The normalized spacial score (nSPS) is 11.1. The van der Waals surface area contributed by atoms with Crippen molar-refractivity contribution in [3.8, 4) is 11.5 Å². The smallest absolute Gasteiger partial charge is 0.230 e. The Kier molecular flexibility index (Phi) is 4.10. The molecule has 2 heterocycles. The molecule has 0 radical (unpaired) electrons. The molecule has 102 valence electrons. The summed E-state index contributed by atoms with van der Waals surface area (Å²) >= 11 is 5.95. The zero-order valence-electron chi connectivity index (χ0n) is 11.6. The maximum Gasteiger partial charge on any atom is 0.230 e. The minimum atomic E-state index is 0.291. The van der Waals surface area contributed by atoms with E-state index in [4.69, 9.17) is 16.0 Å². The van der Waals surface area contributed by atoms with Gasteiger partial charge in [-0.25, -0.2) is 9.97 Å². The molecule has 2 aromatic heterocycles. The predicted molar refractivity (Wildman–Crippen MR) is 77.6 cm³/mol. The number of hydrogen-bond acceptors (Lipinski definition) is 4. The van der Waals surface area contributed by atoms with Gasteiger partial charge < -0.3 is 9.73 Å². The van der Waals surface area contributed by atoms with Gasteiger partial charge in [0.15, 0.2) is 0 Å². The third-order valence-corrected chi connectivity index (χ3v) is 2.98. The number of aromatic nitrogens is 2. The fourth-order valence-corrected chi connectivity index (χ4v) is 2.06. The highest BCUT2D eigenvalue weighted by molar-refractivity contribution is 6.29. The fourth-order valence-electron chi connectivity index (χ4n) is 1.90. The van der Waals surface area contributed by atoms with Crippen LogP contribution in [0.15, 0.2) is 16.7 Å². The molecule has 0 fully saturated rings. The van der Waals surface area contributed by atoms with Gasteiger partial charge in [-0.1, -0.05) is 18.5 Å². The van der Waals surface area contributed by atoms with Gasteiger partial charge in [0.05, 0.1) is 16.9 Å². The molecule has 0 spiro atoms. The molecular formula is C14H18ClN3O. The van der Waals surface area contributed by atoms with Gasteiger partial charge in [0, 0.05) is 12.2 Å². The lowest BCUT2D eigenvalue weighted by molar-refractivity contribution is 0.539. The largest absolute Gasteiger partial charge is 0.441 e. The molecule has 0 amide bonds. The van der Waals surface area contributed by atoms with Crippen molar-refractivity contribution in [3.63, 3.8) is 0 Å². The van der Waals surface area contributed by atoms with E-state index in [9.17, 15) is 0 Å². The van der Waals surface area contributed by atoms with Crippen molar-refractivity contribution in [1.29, 1.82) is 0 Å². The fraction of sp³-hybridized carbons (Fsp3) is 0.429. The molecule has 2 aromatic rings. The van der Waals surface area contributed by atoms with Crippen molar-refractivity contribution in [3.05, 3.63) is 28.9 Å². The number of rotatable bonds is 4. The molecule has 19 heavy (non-hydrogen) atoms. The monoisotopic (exact) mass is 279 g/mol. The molecular weight excluding hydrogens is 262 g/mol. The number of nitrogens with zero attached hydrogens (tertiary/aromatic N) is 2. The Morgan fingerprint density at radius 1 is 1.42 bits per heavy atom. The van der Waals surface area contributed by atoms with Gasteiger partial charge in [0.25, 0.3) is 0 Å². The van der Waals surface area contributed by atoms with E-state index in [0.717, 1.165) is 29.1 Å². The second-order valence-corrected chi connectivity index (χ2v) is 5.11. The lowest BCUT2D eigenvalue weighted by Gasteiger charge is -2.12. The van der Waals surface area contributed by atoms with E-state index < -0.39 is 0 Å². The average Bonchev–Trinajstić information content (AvgIpc) is 2.69. The van der Waals surface area contributed by atoms with Gasteiger partial charge >= 0.3 is 0 Å². The number of pyridine rings is 1. The van der Waals surface area contributed by atoms with Crippen LogP contribution in [0.4, 0.5) is 5.69 Å². The van der Waals surface area contributed by atoms with Crippen LogP contribution in [-0.2, 0) is 6.42 Å². The second kappa shape index (κ2) is 5.61. The first-order chi connectivity index (χ1) is 9.01. The van der Waals surface area contributed by atoms with Crippen LogP contribution in [0.5, 0.6) is 0 Å². The third kappa shape index (κ3) is 3.07. The number of oxazole rings is 1. The molecule has 0 saturated carbocycles. The molecule has 0 aliphatic heterocycles. The van der Waals surface area contributed by atoms with E-state index >= 15 is 0 Å². The van der Waals surface area contributed by atoms with Gasteiger partial charge in [0.2, 0.25) is 5.89 Å². The Morgan fingerprint density at radius 2 is 2.16 bits per heavy atom. The summed E-state index contributed by atoms with van der Waals surface area (Å²) in [6, 6.07) is 2.08. The van der Waals surface area contributed by atoms with Crippen molar-refractivity contribution in [2.45, 2.75) is 40.2 Å². The van der Waals surface area contributed by atoms with Crippen LogP contribution in [0.1, 0.15) is 32.2 Å². The van der Waals surface area contributed by atoms with E-state index in [1.165, 1.54) is 0 Å². The lowest BCUT2D eigenvalue weighted by atomic mass is 10.2. The first kappa shape index (κ1) is 13.9. The number of anilines is 1. The molecule has 0 aliphatic carbocycles. The lowest BCUT2D eigenvalue weighted by Crippen LogP contribution is -2.10. The van der Waals surface area contributed by atoms with Crippen LogP contribution < -0.4 is 5.32 Å². The molecule has 5 heteroatoms. The van der Waals surface area contributed by atoms with Crippen LogP contribution in [0.2, 0.25) is 5.15 Å². The Morgan fingerprint density at radius 3 is 2.74 bits per heavy atom. The number of aryl methyl sites for hydroxylation is 2. The quantitative estimate of drug-likeness (QED) is 0.857. The summed E-state index contributed by atoms with van der Waals surface area (Å²) in [4.78, 5) is 8.62. The number of nitrogens with one attached hydrogen (secondary N) is 1. The van der Waals surface area contributed by atoms with E-state index in [1.54, 1.807) is 12.3 Å². The summed E-state index contributed by atoms with van der Waals surface area (Å²) < 4.78 is 5.72. The van der Waals surface area contributed by atoms with Crippen molar-refractivity contribution < 1.29 is 4.42 Å². The average molecular weight is 280 g/mol. The molecule has 0 bridgehead atoms. The highest BCUT2D eigenvalue weighted by atomic mass is 35.5. The minimum Gasteiger partial charge on any atom is -0.441 e. The topological polar surface area (TPSA) is 51.0 Å². The van der Waals surface area contributed by atoms with Crippen LogP contribution in [0.3, 0.4) is 0 Å². The SMILES string of the molecule is CCc1nc(-c2cnc(Cl)cc2NC(C)C)oc1C. The Labute approximate surface area is 118 Å². The van der Waals surface area contributed by atoms with Crippen LogP contribution in [0.25, 0.3) is 11.5 Å². The molecule has 0 unspecified atom stereocenters. The standard InChI is InChI=1S/C14H18ClN3O/c1-5-11-9(4)19-14(18-11)10-7-16-13(15)6-12(10)17-8(2)3/h6-8H,5H2,1-4H3,(H,16,17). The van der Waals surface area contributed by atoms with E-state index in [0.29, 0.717) is 17.1 Å². The summed E-state index contributed by atoms with van der Waals surface area (Å²) in [5.41, 5.74) is 2.69. The molecule has 1 N–H and O–H groups in total. The van der Waals surface area contributed by atoms with Gasteiger partial charge in [-0.3, -0.25) is 0 Å². The maximum absolute atomic E-state index is 5.95. The highest BCUT2D eigenvalue weighted by Gasteiger charge is 2.15. The molecule has 0 aromatic carbocycles. The van der Waals surface area contributed by atoms with Crippen LogP contribution in [0, 0.1) is 6.92 Å². The number of hydrogen-bond donors (Lipinski definition) is 1. The summed E-state index contributed by atoms with van der Waals surface area (Å²) in [6.07, 6.45) is 2.54. The summed E-state index contributed by atoms with van der Waals surface area (Å²) in [6.45, 7) is 8.11. The highest BCUT2D eigenvalue weighted by Crippen LogP contribution is 2.30. The minimum absolute atomic E-state index is 0.291. The van der Waals surface area contributed by atoms with E-state index in [-0.39, 0.29) is 0 Å². The zero-order valence-corrected chi connectivity index (χ0v) is 12.4. The molecule has 0 saturated heterocycles.